The van der Waals surface area contributed by atoms with Gasteiger partial charge in [0.25, 0.3) is 0 Å². The number of hydrogen-bond acceptors (Lipinski definition) is 3. The highest BCUT2D eigenvalue weighted by molar-refractivity contribution is 5.89. The number of aliphatic carboxylic acids is 1. The summed E-state index contributed by atoms with van der Waals surface area (Å²) in [5.74, 6) is -0.896. The summed E-state index contributed by atoms with van der Waals surface area (Å²) in [5, 5.41) is 12.1. The lowest BCUT2D eigenvalue weighted by Gasteiger charge is -2.40. The number of carbonyl (C=O) groups is 2. The smallest absolute Gasteiger partial charge is 0.305 e. The molecule has 0 unspecified atom stereocenters. The van der Waals surface area contributed by atoms with E-state index >= 15 is 0 Å². The normalized spacial score (nSPS) is 18.8. The highest BCUT2D eigenvalue weighted by Crippen LogP contribution is 2.35. The van der Waals surface area contributed by atoms with Gasteiger partial charge in [-0.05, 0) is 45.0 Å². The summed E-state index contributed by atoms with van der Waals surface area (Å²) in [6.07, 6.45) is 3.02. The minimum atomic E-state index is -0.870. The van der Waals surface area contributed by atoms with Crippen molar-refractivity contribution in [3.8, 4) is 0 Å². The Hall–Kier alpha value is -1.88. The van der Waals surface area contributed by atoms with Gasteiger partial charge < -0.3 is 15.3 Å². The maximum absolute atomic E-state index is 13.2. The van der Waals surface area contributed by atoms with Crippen LogP contribution in [0.5, 0.6) is 0 Å². The molecule has 1 amide bonds. The van der Waals surface area contributed by atoms with Crippen molar-refractivity contribution in [2.24, 2.45) is 0 Å². The maximum Gasteiger partial charge on any atom is 0.305 e. The van der Waals surface area contributed by atoms with Gasteiger partial charge in [0.1, 0.15) is 0 Å². The Morgan fingerprint density at radius 3 is 2.42 bits per heavy atom. The summed E-state index contributed by atoms with van der Waals surface area (Å²) in [7, 11) is 2.07. The zero-order valence-electron chi connectivity index (χ0n) is 14.6. The first-order valence-electron chi connectivity index (χ1n) is 8.75. The Balaban J connectivity index is 2.23. The second-order valence-corrected chi connectivity index (χ2v) is 6.81. The molecular formula is C19H28N2O3. The van der Waals surface area contributed by atoms with Crippen molar-refractivity contribution in [3.05, 3.63) is 35.9 Å². The molecule has 1 saturated heterocycles. The number of nitrogens with zero attached hydrogens (tertiary/aromatic N) is 1. The van der Waals surface area contributed by atoms with Crippen LogP contribution in [0.3, 0.4) is 0 Å². The third-order valence-corrected chi connectivity index (χ3v) is 4.99. The predicted molar refractivity (Wildman–Crippen MR) is 93.9 cm³/mol. The summed E-state index contributed by atoms with van der Waals surface area (Å²) in [4.78, 5) is 26.5. The van der Waals surface area contributed by atoms with Gasteiger partial charge >= 0.3 is 5.97 Å². The number of carboxylic acid groups (broad SMARTS) is 1. The third kappa shape index (κ3) is 4.35. The lowest BCUT2D eigenvalue weighted by molar-refractivity contribution is -0.138. The van der Waals surface area contributed by atoms with Crippen molar-refractivity contribution < 1.29 is 14.7 Å². The molecule has 132 valence electrons. The Kier molecular flexibility index (Phi) is 6.37. The molecule has 1 aliphatic heterocycles. The third-order valence-electron chi connectivity index (χ3n) is 4.99. The molecule has 5 heteroatoms. The lowest BCUT2D eigenvalue weighted by Crippen LogP contribution is -2.53. The highest BCUT2D eigenvalue weighted by Gasteiger charge is 2.42. The minimum Gasteiger partial charge on any atom is -0.481 e. The van der Waals surface area contributed by atoms with E-state index in [9.17, 15) is 9.59 Å². The fraction of sp³-hybridized carbons (Fsp3) is 0.579. The van der Waals surface area contributed by atoms with E-state index in [1.54, 1.807) is 0 Å². The van der Waals surface area contributed by atoms with Crippen molar-refractivity contribution in [1.82, 2.24) is 10.2 Å². The van der Waals surface area contributed by atoms with Crippen LogP contribution in [0.2, 0.25) is 0 Å². The molecule has 0 bridgehead atoms. The van der Waals surface area contributed by atoms with E-state index in [4.69, 9.17) is 5.11 Å². The summed E-state index contributed by atoms with van der Waals surface area (Å²) in [6, 6.07) is 9.59. The first-order valence-corrected chi connectivity index (χ1v) is 8.75. The Bertz CT molecular complexity index is 551. The second kappa shape index (κ2) is 8.29. The van der Waals surface area contributed by atoms with Crippen molar-refractivity contribution in [2.45, 2.75) is 50.5 Å². The van der Waals surface area contributed by atoms with Crippen molar-refractivity contribution in [3.63, 3.8) is 0 Å². The number of carboxylic acids is 1. The SMILES string of the molecule is CCC[C@@H](CC(=O)O)NC(=O)C1(c2ccccc2)CCN(C)CC1. The van der Waals surface area contributed by atoms with E-state index in [1.807, 2.05) is 37.3 Å². The van der Waals surface area contributed by atoms with E-state index in [1.165, 1.54) is 0 Å². The molecule has 0 aromatic heterocycles. The number of carbonyl (C=O) groups excluding carboxylic acids is 1. The van der Waals surface area contributed by atoms with Gasteiger partial charge in [0, 0.05) is 6.04 Å². The standard InChI is InChI=1S/C19H28N2O3/c1-3-7-16(14-17(22)23)20-18(24)19(10-12-21(2)13-11-19)15-8-5-4-6-9-15/h4-6,8-9,16H,3,7,10-14H2,1-2H3,(H,20,24)(H,22,23)/t16-/m0/s1. The van der Waals surface area contributed by atoms with Crippen LogP contribution in [-0.4, -0.2) is 48.1 Å². The van der Waals surface area contributed by atoms with Gasteiger partial charge in [0.05, 0.1) is 11.8 Å². The van der Waals surface area contributed by atoms with Crippen molar-refractivity contribution in [1.29, 1.82) is 0 Å². The van der Waals surface area contributed by atoms with Crippen LogP contribution in [0, 0.1) is 0 Å². The minimum absolute atomic E-state index is 0.0235. The predicted octanol–water partition coefficient (Wildman–Crippen LogP) is 2.41. The molecule has 5 nitrogen and oxygen atoms in total. The monoisotopic (exact) mass is 332 g/mol. The summed E-state index contributed by atoms with van der Waals surface area (Å²) in [5.41, 5.74) is 0.472. The topological polar surface area (TPSA) is 69.6 Å². The van der Waals surface area contributed by atoms with E-state index in [-0.39, 0.29) is 18.4 Å². The molecule has 1 aromatic rings. The maximum atomic E-state index is 13.2. The van der Waals surface area contributed by atoms with Crippen molar-refractivity contribution in [2.75, 3.05) is 20.1 Å². The van der Waals surface area contributed by atoms with Crippen LogP contribution in [0.4, 0.5) is 0 Å². The van der Waals surface area contributed by atoms with Crippen LogP contribution < -0.4 is 5.32 Å². The Morgan fingerprint density at radius 2 is 1.88 bits per heavy atom. The molecule has 2 N–H and O–H groups in total. The van der Waals surface area contributed by atoms with Gasteiger partial charge in [-0.3, -0.25) is 9.59 Å². The Labute approximate surface area is 144 Å². The summed E-state index contributed by atoms with van der Waals surface area (Å²) in [6.45, 7) is 3.73. The second-order valence-electron chi connectivity index (χ2n) is 6.81. The molecule has 1 atom stereocenters. The van der Waals surface area contributed by atoms with Gasteiger partial charge in [-0.2, -0.15) is 0 Å². The number of likely N-dealkylation sites (tertiary alicyclic amines) is 1. The summed E-state index contributed by atoms with van der Waals surface area (Å²) >= 11 is 0. The zero-order valence-corrected chi connectivity index (χ0v) is 14.6. The average Bonchev–Trinajstić information content (AvgIpc) is 2.56. The van der Waals surface area contributed by atoms with Gasteiger partial charge in [0.15, 0.2) is 0 Å². The quantitative estimate of drug-likeness (QED) is 0.804. The molecule has 1 aliphatic rings. The molecule has 1 heterocycles. The molecule has 24 heavy (non-hydrogen) atoms. The molecular weight excluding hydrogens is 304 g/mol. The largest absolute Gasteiger partial charge is 0.481 e. The molecule has 0 saturated carbocycles. The number of hydrogen-bond donors (Lipinski definition) is 2. The average molecular weight is 332 g/mol. The fourth-order valence-electron chi connectivity index (χ4n) is 3.51. The molecule has 0 radical (unpaired) electrons. The number of benzene rings is 1. The molecule has 2 rings (SSSR count). The number of amides is 1. The van der Waals surface area contributed by atoms with Crippen LogP contribution in [0.25, 0.3) is 0 Å². The molecule has 1 aromatic carbocycles. The number of piperidine rings is 1. The van der Waals surface area contributed by atoms with Crippen LogP contribution in [0.1, 0.15) is 44.6 Å². The van der Waals surface area contributed by atoms with Gasteiger partial charge in [-0.25, -0.2) is 0 Å². The van der Waals surface area contributed by atoms with E-state index < -0.39 is 11.4 Å². The zero-order chi connectivity index (χ0) is 17.6. The summed E-state index contributed by atoms with van der Waals surface area (Å²) < 4.78 is 0. The van der Waals surface area contributed by atoms with Gasteiger partial charge in [0.2, 0.25) is 5.91 Å². The van der Waals surface area contributed by atoms with Gasteiger partial charge in [-0.1, -0.05) is 43.7 Å². The van der Waals surface area contributed by atoms with E-state index in [2.05, 4.69) is 17.3 Å². The molecule has 0 aliphatic carbocycles. The number of nitrogens with one attached hydrogen (secondary N) is 1. The number of rotatable bonds is 7. The van der Waals surface area contributed by atoms with E-state index in [0.29, 0.717) is 6.42 Å². The van der Waals surface area contributed by atoms with Crippen LogP contribution in [0.15, 0.2) is 30.3 Å². The highest BCUT2D eigenvalue weighted by atomic mass is 16.4. The first-order chi connectivity index (χ1) is 11.5. The molecule has 1 fully saturated rings. The van der Waals surface area contributed by atoms with Crippen molar-refractivity contribution >= 4 is 11.9 Å². The fourth-order valence-corrected chi connectivity index (χ4v) is 3.51. The lowest BCUT2D eigenvalue weighted by atomic mass is 9.72. The van der Waals surface area contributed by atoms with Gasteiger partial charge in [-0.15, -0.1) is 0 Å². The Morgan fingerprint density at radius 1 is 1.25 bits per heavy atom. The van der Waals surface area contributed by atoms with Crippen LogP contribution >= 0.6 is 0 Å². The van der Waals surface area contributed by atoms with E-state index in [0.717, 1.165) is 37.9 Å². The first kappa shape index (κ1) is 18.5. The van der Waals surface area contributed by atoms with Crippen LogP contribution in [-0.2, 0) is 15.0 Å². The molecule has 0 spiro atoms.